The molecule has 3 rings (SSSR count). The number of aliphatic hydroxyl groups is 1. The Morgan fingerprint density at radius 2 is 2.00 bits per heavy atom. The number of nitrogens with zero attached hydrogens (tertiary/aromatic N) is 3. The van der Waals surface area contributed by atoms with Crippen molar-refractivity contribution in [3.05, 3.63) is 48.2 Å². The Labute approximate surface area is 144 Å². The summed E-state index contributed by atoms with van der Waals surface area (Å²) in [6, 6.07) is 10.5. The van der Waals surface area contributed by atoms with Gasteiger partial charge in [-0.05, 0) is 36.8 Å². The second kappa shape index (κ2) is 7.54. The fraction of sp³-hybridized carbons (Fsp3) is 0.176. The van der Waals surface area contributed by atoms with Gasteiger partial charge in [0.2, 0.25) is 0 Å². The first-order chi connectivity index (χ1) is 12.2. The number of urea groups is 1. The summed E-state index contributed by atoms with van der Waals surface area (Å²) in [6.07, 6.45) is 1.60. The number of anilines is 3. The van der Waals surface area contributed by atoms with Crippen LogP contribution in [-0.4, -0.2) is 32.6 Å². The topological polar surface area (TPSA) is 112 Å². The first-order valence-corrected chi connectivity index (χ1v) is 7.83. The molecule has 0 aliphatic carbocycles. The van der Waals surface area contributed by atoms with Gasteiger partial charge in [-0.3, -0.25) is 5.32 Å². The van der Waals surface area contributed by atoms with Crippen LogP contribution in [0.5, 0.6) is 0 Å². The zero-order valence-corrected chi connectivity index (χ0v) is 13.7. The van der Waals surface area contributed by atoms with E-state index in [4.69, 9.17) is 0 Å². The summed E-state index contributed by atoms with van der Waals surface area (Å²) >= 11 is 0. The van der Waals surface area contributed by atoms with E-state index in [1.165, 1.54) is 0 Å². The van der Waals surface area contributed by atoms with Gasteiger partial charge in [0.1, 0.15) is 11.3 Å². The SMILES string of the molecule is CCNC(=O)Nc1ccc2ncc(Nc3cccc(CO)c3)nc2n1. The fourth-order valence-electron chi connectivity index (χ4n) is 2.24. The second-order valence-electron chi connectivity index (χ2n) is 5.26. The largest absolute Gasteiger partial charge is 0.392 e. The summed E-state index contributed by atoms with van der Waals surface area (Å²) in [6.45, 7) is 2.33. The number of fused-ring (bicyclic) bond motifs is 1. The number of rotatable bonds is 5. The maximum absolute atomic E-state index is 11.6. The van der Waals surface area contributed by atoms with E-state index in [-0.39, 0.29) is 12.6 Å². The first kappa shape index (κ1) is 16.6. The molecule has 2 aromatic heterocycles. The quantitative estimate of drug-likeness (QED) is 0.568. The zero-order valence-electron chi connectivity index (χ0n) is 13.7. The highest BCUT2D eigenvalue weighted by Crippen LogP contribution is 2.18. The molecular formula is C17H18N6O2. The molecule has 0 aliphatic rings. The number of carbonyl (C=O) groups excluding carboxylic acids is 1. The van der Waals surface area contributed by atoms with E-state index in [1.807, 2.05) is 31.2 Å². The Balaban J connectivity index is 1.83. The summed E-state index contributed by atoms with van der Waals surface area (Å²) in [5.41, 5.74) is 2.62. The van der Waals surface area contributed by atoms with E-state index in [0.29, 0.717) is 29.3 Å². The Hall–Kier alpha value is -3.26. The first-order valence-electron chi connectivity index (χ1n) is 7.83. The van der Waals surface area contributed by atoms with E-state index in [2.05, 4.69) is 30.9 Å². The number of carbonyl (C=O) groups is 1. The Morgan fingerprint density at radius 1 is 1.16 bits per heavy atom. The van der Waals surface area contributed by atoms with Crippen molar-refractivity contribution in [3.8, 4) is 0 Å². The minimum Gasteiger partial charge on any atom is -0.392 e. The number of aromatic nitrogens is 3. The Morgan fingerprint density at radius 3 is 2.80 bits per heavy atom. The highest BCUT2D eigenvalue weighted by atomic mass is 16.3. The molecule has 0 radical (unpaired) electrons. The summed E-state index contributed by atoms with van der Waals surface area (Å²) < 4.78 is 0. The maximum atomic E-state index is 11.6. The molecule has 0 saturated heterocycles. The third-order valence-corrected chi connectivity index (χ3v) is 3.37. The molecule has 8 nitrogen and oxygen atoms in total. The molecule has 0 saturated carbocycles. The molecule has 0 bridgehead atoms. The van der Waals surface area contributed by atoms with Gasteiger partial charge in [0.05, 0.1) is 12.8 Å². The lowest BCUT2D eigenvalue weighted by atomic mass is 10.2. The van der Waals surface area contributed by atoms with Crippen LogP contribution in [0.25, 0.3) is 11.2 Å². The van der Waals surface area contributed by atoms with Crippen molar-refractivity contribution >= 4 is 34.5 Å². The molecule has 0 atom stereocenters. The molecule has 0 aliphatic heterocycles. The predicted molar refractivity (Wildman–Crippen MR) is 95.7 cm³/mol. The van der Waals surface area contributed by atoms with Gasteiger partial charge in [-0.2, -0.15) is 0 Å². The molecule has 3 aromatic rings. The average molecular weight is 338 g/mol. The van der Waals surface area contributed by atoms with Gasteiger partial charge in [-0.1, -0.05) is 12.1 Å². The summed E-state index contributed by atoms with van der Waals surface area (Å²) in [7, 11) is 0. The van der Waals surface area contributed by atoms with Crippen LogP contribution in [0.3, 0.4) is 0 Å². The van der Waals surface area contributed by atoms with Crippen LogP contribution in [0.2, 0.25) is 0 Å². The number of pyridine rings is 1. The molecule has 0 fully saturated rings. The van der Waals surface area contributed by atoms with Crippen molar-refractivity contribution in [3.63, 3.8) is 0 Å². The average Bonchev–Trinajstić information content (AvgIpc) is 2.62. The van der Waals surface area contributed by atoms with Gasteiger partial charge in [0.15, 0.2) is 11.5 Å². The van der Waals surface area contributed by atoms with Gasteiger partial charge in [-0.25, -0.2) is 19.7 Å². The minimum atomic E-state index is -0.322. The van der Waals surface area contributed by atoms with Crippen LogP contribution in [0.15, 0.2) is 42.6 Å². The molecule has 1 aromatic carbocycles. The monoisotopic (exact) mass is 338 g/mol. The third kappa shape index (κ3) is 4.18. The molecule has 25 heavy (non-hydrogen) atoms. The smallest absolute Gasteiger partial charge is 0.320 e. The molecule has 0 spiro atoms. The van der Waals surface area contributed by atoms with E-state index in [0.717, 1.165) is 11.3 Å². The predicted octanol–water partition coefficient (Wildman–Crippen LogP) is 2.40. The minimum absolute atomic E-state index is 0.0324. The second-order valence-corrected chi connectivity index (χ2v) is 5.26. The van der Waals surface area contributed by atoms with Gasteiger partial charge < -0.3 is 15.7 Å². The van der Waals surface area contributed by atoms with E-state index in [1.54, 1.807) is 18.3 Å². The van der Waals surface area contributed by atoms with Crippen molar-refractivity contribution in [2.75, 3.05) is 17.2 Å². The number of aliphatic hydroxyl groups excluding tert-OH is 1. The molecule has 8 heteroatoms. The Kier molecular flexibility index (Phi) is 5.00. The third-order valence-electron chi connectivity index (χ3n) is 3.37. The lowest BCUT2D eigenvalue weighted by molar-refractivity contribution is 0.252. The highest BCUT2D eigenvalue weighted by molar-refractivity contribution is 5.89. The maximum Gasteiger partial charge on any atom is 0.320 e. The van der Waals surface area contributed by atoms with Crippen LogP contribution < -0.4 is 16.0 Å². The van der Waals surface area contributed by atoms with Gasteiger partial charge in [0, 0.05) is 12.2 Å². The number of benzene rings is 1. The van der Waals surface area contributed by atoms with Crippen molar-refractivity contribution in [2.24, 2.45) is 0 Å². The van der Waals surface area contributed by atoms with Crippen molar-refractivity contribution in [1.82, 2.24) is 20.3 Å². The van der Waals surface area contributed by atoms with Crippen LogP contribution in [0, 0.1) is 0 Å². The lowest BCUT2D eigenvalue weighted by Gasteiger charge is -2.08. The summed E-state index contributed by atoms with van der Waals surface area (Å²) in [4.78, 5) is 24.6. The van der Waals surface area contributed by atoms with Gasteiger partial charge in [0.25, 0.3) is 0 Å². The summed E-state index contributed by atoms with van der Waals surface area (Å²) in [5.74, 6) is 0.914. The van der Waals surface area contributed by atoms with Crippen molar-refractivity contribution in [2.45, 2.75) is 13.5 Å². The molecule has 2 heterocycles. The van der Waals surface area contributed by atoms with E-state index < -0.39 is 0 Å². The van der Waals surface area contributed by atoms with Crippen molar-refractivity contribution < 1.29 is 9.90 Å². The molecule has 4 N–H and O–H groups in total. The van der Waals surface area contributed by atoms with Crippen LogP contribution in [0.1, 0.15) is 12.5 Å². The van der Waals surface area contributed by atoms with Gasteiger partial charge in [-0.15, -0.1) is 0 Å². The van der Waals surface area contributed by atoms with Crippen LogP contribution in [0.4, 0.5) is 22.1 Å². The standard InChI is InChI=1S/C17H18N6O2/c1-2-18-17(25)23-14-7-6-13-16(21-14)22-15(9-19-13)20-12-5-3-4-11(8-12)10-24/h3-9,24H,2,10H2,1H3,(H3,18,20,21,22,23,25). The Bertz CT molecular complexity index is 899. The molecule has 0 unspecified atom stereocenters. The molecule has 128 valence electrons. The molecular weight excluding hydrogens is 320 g/mol. The molecule has 2 amide bonds. The fourth-order valence-corrected chi connectivity index (χ4v) is 2.24. The van der Waals surface area contributed by atoms with E-state index >= 15 is 0 Å². The number of hydrogen-bond donors (Lipinski definition) is 4. The van der Waals surface area contributed by atoms with Crippen molar-refractivity contribution in [1.29, 1.82) is 0 Å². The van der Waals surface area contributed by atoms with E-state index in [9.17, 15) is 9.90 Å². The van der Waals surface area contributed by atoms with Gasteiger partial charge >= 0.3 is 6.03 Å². The van der Waals surface area contributed by atoms with Crippen LogP contribution >= 0.6 is 0 Å². The number of amides is 2. The normalized spacial score (nSPS) is 10.5. The lowest BCUT2D eigenvalue weighted by Crippen LogP contribution is -2.28. The highest BCUT2D eigenvalue weighted by Gasteiger charge is 2.06. The number of hydrogen-bond acceptors (Lipinski definition) is 6. The van der Waals surface area contributed by atoms with Crippen LogP contribution in [-0.2, 0) is 6.61 Å². The zero-order chi connectivity index (χ0) is 17.6. The summed E-state index contributed by atoms with van der Waals surface area (Å²) in [5, 5.41) is 17.6. The number of nitrogens with one attached hydrogen (secondary N) is 3.